The van der Waals surface area contributed by atoms with Gasteiger partial charge in [-0.05, 0) is 71.1 Å². The first-order valence-electron chi connectivity index (χ1n) is 11.6. The maximum atomic E-state index is 13.0. The molecular formula is C29H21F3N2O3. The lowest BCUT2D eigenvalue weighted by Gasteiger charge is -2.29. The molecule has 1 aliphatic heterocycles. The Morgan fingerprint density at radius 1 is 0.865 bits per heavy atom. The molecule has 186 valence electrons. The van der Waals surface area contributed by atoms with Gasteiger partial charge in [-0.15, -0.1) is 0 Å². The fourth-order valence-electron chi connectivity index (χ4n) is 4.33. The van der Waals surface area contributed by atoms with E-state index < -0.39 is 17.7 Å². The van der Waals surface area contributed by atoms with E-state index >= 15 is 0 Å². The van der Waals surface area contributed by atoms with Gasteiger partial charge in [-0.3, -0.25) is 9.78 Å². The van der Waals surface area contributed by atoms with Gasteiger partial charge in [0.15, 0.2) is 0 Å². The van der Waals surface area contributed by atoms with E-state index in [4.69, 9.17) is 4.74 Å². The Kier molecular flexibility index (Phi) is 6.48. The number of ether oxygens (including phenoxy) is 1. The quantitative estimate of drug-likeness (QED) is 0.247. The Hall–Kier alpha value is -4.46. The molecule has 0 saturated carbocycles. The van der Waals surface area contributed by atoms with Crippen LogP contribution in [0.15, 0.2) is 91.1 Å². The first-order chi connectivity index (χ1) is 17.8. The Labute approximate surface area is 211 Å². The normalized spacial score (nSPS) is 13.1. The SMILES string of the molecule is O=C(Oc1ccc2c(c1)CCN(C(=O)c1ccccn1)C2)c1ccccc1-c1ccc(C(F)(F)F)cc1. The number of benzene rings is 3. The predicted octanol–water partition coefficient (Wildman–Crippen LogP) is 6.19. The van der Waals surface area contributed by atoms with Crippen LogP contribution in [0.3, 0.4) is 0 Å². The number of nitrogens with zero attached hydrogens (tertiary/aromatic N) is 2. The third-order valence-electron chi connectivity index (χ3n) is 6.24. The van der Waals surface area contributed by atoms with Crippen LogP contribution in [0.4, 0.5) is 13.2 Å². The largest absolute Gasteiger partial charge is 0.423 e. The number of fused-ring (bicyclic) bond motifs is 1. The number of pyridine rings is 1. The second-order valence-corrected chi connectivity index (χ2v) is 8.63. The summed E-state index contributed by atoms with van der Waals surface area (Å²) in [6, 6.07) is 21.8. The minimum absolute atomic E-state index is 0.137. The average molecular weight is 502 g/mol. The number of halogens is 3. The Bertz CT molecular complexity index is 1450. The van der Waals surface area contributed by atoms with Crippen molar-refractivity contribution < 1.29 is 27.5 Å². The highest BCUT2D eigenvalue weighted by molar-refractivity contribution is 5.98. The summed E-state index contributed by atoms with van der Waals surface area (Å²) in [5.41, 5.74) is 2.76. The van der Waals surface area contributed by atoms with Crippen LogP contribution in [0, 0.1) is 0 Å². The number of amides is 1. The van der Waals surface area contributed by atoms with E-state index in [0.717, 1.165) is 23.3 Å². The van der Waals surface area contributed by atoms with Crippen LogP contribution >= 0.6 is 0 Å². The second kappa shape index (κ2) is 9.89. The standard InChI is InChI=1S/C29H21F3N2O3/c30-29(31,32)22-11-8-19(9-12-22)24-5-1-2-6-25(24)28(36)37-23-13-10-21-18-34(16-14-20(21)17-23)27(35)26-7-3-4-15-33-26/h1-13,15,17H,14,16,18H2. The van der Waals surface area contributed by atoms with Gasteiger partial charge in [0.2, 0.25) is 0 Å². The van der Waals surface area contributed by atoms with Crippen molar-refractivity contribution in [3.63, 3.8) is 0 Å². The first kappa shape index (κ1) is 24.2. The highest BCUT2D eigenvalue weighted by Crippen LogP contribution is 2.32. The molecule has 2 heterocycles. The van der Waals surface area contributed by atoms with E-state index in [1.165, 1.54) is 12.1 Å². The summed E-state index contributed by atoms with van der Waals surface area (Å²) in [5.74, 6) is -0.393. The van der Waals surface area contributed by atoms with Gasteiger partial charge in [-0.25, -0.2) is 4.79 Å². The van der Waals surface area contributed by atoms with Crippen molar-refractivity contribution in [2.24, 2.45) is 0 Å². The summed E-state index contributed by atoms with van der Waals surface area (Å²) >= 11 is 0. The topological polar surface area (TPSA) is 59.5 Å². The van der Waals surface area contributed by atoms with Crippen molar-refractivity contribution in [2.45, 2.75) is 19.1 Å². The molecule has 37 heavy (non-hydrogen) atoms. The summed E-state index contributed by atoms with van der Waals surface area (Å²) < 4.78 is 44.4. The molecule has 0 atom stereocenters. The van der Waals surface area contributed by atoms with Crippen LogP contribution in [-0.4, -0.2) is 28.3 Å². The number of hydrogen-bond donors (Lipinski definition) is 0. The third kappa shape index (κ3) is 5.23. The molecule has 0 N–H and O–H groups in total. The number of esters is 1. The first-order valence-corrected chi connectivity index (χ1v) is 11.6. The van der Waals surface area contributed by atoms with E-state index in [0.29, 0.717) is 42.1 Å². The minimum atomic E-state index is -4.44. The van der Waals surface area contributed by atoms with Crippen LogP contribution in [0.5, 0.6) is 5.75 Å². The van der Waals surface area contributed by atoms with Crippen molar-refractivity contribution >= 4 is 11.9 Å². The van der Waals surface area contributed by atoms with Crippen molar-refractivity contribution in [1.29, 1.82) is 0 Å². The zero-order valence-electron chi connectivity index (χ0n) is 19.5. The van der Waals surface area contributed by atoms with Gasteiger partial charge >= 0.3 is 12.1 Å². The molecule has 0 unspecified atom stereocenters. The predicted molar refractivity (Wildman–Crippen MR) is 131 cm³/mol. The Morgan fingerprint density at radius 2 is 1.62 bits per heavy atom. The van der Waals surface area contributed by atoms with Crippen molar-refractivity contribution in [3.05, 3.63) is 119 Å². The fourth-order valence-corrected chi connectivity index (χ4v) is 4.33. The molecule has 4 aromatic rings. The van der Waals surface area contributed by atoms with E-state index in [1.54, 1.807) is 65.7 Å². The van der Waals surface area contributed by atoms with E-state index in [2.05, 4.69) is 4.98 Å². The van der Waals surface area contributed by atoms with Crippen molar-refractivity contribution in [2.75, 3.05) is 6.54 Å². The van der Waals surface area contributed by atoms with Gasteiger partial charge in [0, 0.05) is 19.3 Å². The molecule has 1 aromatic heterocycles. The molecule has 0 bridgehead atoms. The van der Waals surface area contributed by atoms with Gasteiger partial charge in [0.05, 0.1) is 11.1 Å². The van der Waals surface area contributed by atoms with Gasteiger partial charge in [0.1, 0.15) is 11.4 Å². The number of alkyl halides is 3. The summed E-state index contributed by atoms with van der Waals surface area (Å²) in [7, 11) is 0. The fraction of sp³-hybridized carbons (Fsp3) is 0.138. The smallest absolute Gasteiger partial charge is 0.416 e. The lowest BCUT2D eigenvalue weighted by Crippen LogP contribution is -2.36. The zero-order chi connectivity index (χ0) is 26.0. The molecule has 0 saturated heterocycles. The van der Waals surface area contributed by atoms with Gasteiger partial charge in [-0.1, -0.05) is 42.5 Å². The summed E-state index contributed by atoms with van der Waals surface area (Å²) in [6.45, 7) is 0.937. The number of carbonyl (C=O) groups excluding carboxylic acids is 2. The maximum Gasteiger partial charge on any atom is 0.416 e. The van der Waals surface area contributed by atoms with Gasteiger partial charge in [0.25, 0.3) is 5.91 Å². The number of hydrogen-bond acceptors (Lipinski definition) is 4. The van der Waals surface area contributed by atoms with Crippen LogP contribution in [0.25, 0.3) is 11.1 Å². The van der Waals surface area contributed by atoms with Gasteiger partial charge < -0.3 is 9.64 Å². The van der Waals surface area contributed by atoms with E-state index in [9.17, 15) is 22.8 Å². The zero-order valence-corrected chi connectivity index (χ0v) is 19.5. The summed E-state index contributed by atoms with van der Waals surface area (Å²) in [6.07, 6.45) is -2.25. The van der Waals surface area contributed by atoms with Crippen LogP contribution in [-0.2, 0) is 19.1 Å². The molecule has 0 radical (unpaired) electrons. The maximum absolute atomic E-state index is 13.0. The molecule has 0 spiro atoms. The van der Waals surface area contributed by atoms with Crippen molar-refractivity contribution in [3.8, 4) is 16.9 Å². The lowest BCUT2D eigenvalue weighted by molar-refractivity contribution is -0.137. The highest BCUT2D eigenvalue weighted by Gasteiger charge is 2.30. The molecule has 1 aliphatic rings. The lowest BCUT2D eigenvalue weighted by atomic mass is 9.98. The monoisotopic (exact) mass is 502 g/mol. The summed E-state index contributed by atoms with van der Waals surface area (Å²) in [5, 5.41) is 0. The Morgan fingerprint density at radius 3 is 2.35 bits per heavy atom. The van der Waals surface area contributed by atoms with Crippen molar-refractivity contribution in [1.82, 2.24) is 9.88 Å². The van der Waals surface area contributed by atoms with E-state index in [-0.39, 0.29) is 11.5 Å². The molecule has 0 fully saturated rings. The molecule has 5 nitrogen and oxygen atoms in total. The van der Waals surface area contributed by atoms with Crippen LogP contribution in [0.2, 0.25) is 0 Å². The Balaban J connectivity index is 1.32. The second-order valence-electron chi connectivity index (χ2n) is 8.63. The van der Waals surface area contributed by atoms with Crippen LogP contribution < -0.4 is 4.74 Å². The minimum Gasteiger partial charge on any atom is -0.423 e. The highest BCUT2D eigenvalue weighted by atomic mass is 19.4. The molecule has 1 amide bonds. The average Bonchev–Trinajstić information content (AvgIpc) is 2.92. The molecular weight excluding hydrogens is 481 g/mol. The number of rotatable bonds is 4. The number of aromatic nitrogens is 1. The number of carbonyl (C=O) groups is 2. The van der Waals surface area contributed by atoms with E-state index in [1.807, 2.05) is 6.07 Å². The molecule has 5 rings (SSSR count). The van der Waals surface area contributed by atoms with Crippen LogP contribution in [0.1, 0.15) is 37.5 Å². The third-order valence-corrected chi connectivity index (χ3v) is 6.24. The molecule has 0 aliphatic carbocycles. The molecule has 3 aromatic carbocycles. The molecule has 8 heteroatoms. The van der Waals surface area contributed by atoms with Gasteiger partial charge in [-0.2, -0.15) is 13.2 Å². The summed E-state index contributed by atoms with van der Waals surface area (Å²) in [4.78, 5) is 31.6.